The fourth-order valence-corrected chi connectivity index (χ4v) is 4.10. The minimum atomic E-state index is -1.17. The van der Waals surface area contributed by atoms with Crippen molar-refractivity contribution in [2.45, 2.75) is 31.2 Å². The number of rotatable bonds is 6. The molecule has 0 aromatic heterocycles. The van der Waals surface area contributed by atoms with Gasteiger partial charge >= 0.3 is 5.69 Å². The molecular formula is C21H21ClN2O5. The second-order valence-corrected chi connectivity index (χ2v) is 7.34. The topological polar surface area (TPSA) is 89.8 Å². The fraction of sp³-hybridized carbons (Fsp3) is 0.333. The molecule has 0 aliphatic heterocycles. The summed E-state index contributed by atoms with van der Waals surface area (Å²) in [4.78, 5) is 38.0. The van der Waals surface area contributed by atoms with Gasteiger partial charge in [0.25, 0.3) is 5.91 Å². The molecule has 1 aliphatic carbocycles. The summed E-state index contributed by atoms with van der Waals surface area (Å²) in [5.74, 6) is -0.530. The Labute approximate surface area is 173 Å². The predicted molar refractivity (Wildman–Crippen MR) is 108 cm³/mol. The van der Waals surface area contributed by atoms with E-state index < -0.39 is 23.0 Å². The lowest BCUT2D eigenvalue weighted by molar-refractivity contribution is -0.385. The first kappa shape index (κ1) is 20.8. The summed E-state index contributed by atoms with van der Waals surface area (Å²) in [7, 11) is 1.55. The molecule has 0 radical (unpaired) electrons. The molecule has 7 nitrogen and oxygen atoms in total. The van der Waals surface area contributed by atoms with Crippen LogP contribution < -0.4 is 4.74 Å². The zero-order valence-electron chi connectivity index (χ0n) is 16.0. The zero-order chi connectivity index (χ0) is 21.0. The van der Waals surface area contributed by atoms with Crippen LogP contribution in [-0.2, 0) is 15.1 Å². The summed E-state index contributed by atoms with van der Waals surface area (Å²) < 4.78 is 5.44. The van der Waals surface area contributed by atoms with Crippen LogP contribution in [0, 0.1) is 10.1 Å². The molecule has 0 unspecified atom stereocenters. The second-order valence-electron chi connectivity index (χ2n) is 6.94. The maximum Gasteiger partial charge on any atom is 0.310 e. The number of carbonyl (C=O) groups is 2. The molecule has 8 heteroatoms. The molecule has 152 valence electrons. The Bertz CT molecular complexity index is 948. The number of ether oxygens (including phenoxy) is 1. The maximum absolute atomic E-state index is 13.0. The van der Waals surface area contributed by atoms with Crippen LogP contribution >= 0.6 is 11.6 Å². The Balaban J connectivity index is 1.88. The van der Waals surface area contributed by atoms with Crippen LogP contribution in [0.25, 0.3) is 0 Å². The molecule has 2 aromatic rings. The van der Waals surface area contributed by atoms with Gasteiger partial charge in [0.15, 0.2) is 18.1 Å². The van der Waals surface area contributed by atoms with E-state index in [4.69, 9.17) is 16.3 Å². The lowest BCUT2D eigenvalue weighted by Gasteiger charge is -2.43. The van der Waals surface area contributed by atoms with Crippen molar-refractivity contribution in [3.05, 3.63) is 69.2 Å². The monoisotopic (exact) mass is 416 g/mol. The smallest absolute Gasteiger partial charge is 0.310 e. The number of nitrogens with zero attached hydrogens (tertiary/aromatic N) is 2. The van der Waals surface area contributed by atoms with E-state index in [0.29, 0.717) is 23.4 Å². The summed E-state index contributed by atoms with van der Waals surface area (Å²) in [5.41, 5.74) is -0.801. The van der Waals surface area contributed by atoms with E-state index in [0.717, 1.165) is 12.8 Å². The van der Waals surface area contributed by atoms with Gasteiger partial charge in [-0.15, -0.1) is 0 Å². The molecule has 0 heterocycles. The summed E-state index contributed by atoms with van der Waals surface area (Å²) >= 11 is 6.39. The van der Waals surface area contributed by atoms with Gasteiger partial charge in [0.05, 0.1) is 4.92 Å². The van der Waals surface area contributed by atoms with Gasteiger partial charge in [0.1, 0.15) is 5.54 Å². The number of likely N-dealkylation sites (N-methyl/N-ethyl adjacent to an activating group) is 1. The van der Waals surface area contributed by atoms with E-state index in [1.165, 1.54) is 23.1 Å². The third-order valence-electron chi connectivity index (χ3n) is 5.33. The first-order valence-corrected chi connectivity index (χ1v) is 9.67. The number of Topliss-reactive ketones (excluding diaryl/α,β-unsaturated/α-hetero) is 1. The summed E-state index contributed by atoms with van der Waals surface area (Å²) in [6, 6.07) is 12.9. The highest BCUT2D eigenvalue weighted by Crippen LogP contribution is 2.42. The molecule has 0 N–H and O–H groups in total. The highest BCUT2D eigenvalue weighted by atomic mass is 35.5. The summed E-state index contributed by atoms with van der Waals surface area (Å²) in [6.45, 7) is -0.430. The van der Waals surface area contributed by atoms with E-state index in [9.17, 15) is 19.7 Å². The third kappa shape index (κ3) is 3.96. The number of benzene rings is 2. The van der Waals surface area contributed by atoms with Crippen molar-refractivity contribution in [1.29, 1.82) is 0 Å². The molecule has 0 bridgehead atoms. The molecule has 1 saturated carbocycles. The number of amides is 1. The average Bonchev–Trinajstić information content (AvgIpc) is 2.72. The Morgan fingerprint density at radius 1 is 1.21 bits per heavy atom. The van der Waals surface area contributed by atoms with Crippen LogP contribution in [0.15, 0.2) is 48.5 Å². The van der Waals surface area contributed by atoms with Crippen molar-refractivity contribution in [1.82, 2.24) is 4.90 Å². The molecule has 2 aromatic carbocycles. The van der Waals surface area contributed by atoms with Crippen LogP contribution in [-0.4, -0.2) is 35.2 Å². The van der Waals surface area contributed by atoms with Gasteiger partial charge in [-0.05, 0) is 31.4 Å². The Hall–Kier alpha value is -2.93. The highest BCUT2D eigenvalue weighted by Gasteiger charge is 2.47. The van der Waals surface area contributed by atoms with Gasteiger partial charge in [0, 0.05) is 30.1 Å². The molecule has 3 rings (SSSR count). The number of carbonyl (C=O) groups excluding carboxylic acids is 2. The normalized spacial score (nSPS) is 18.9. The van der Waals surface area contributed by atoms with Gasteiger partial charge in [-0.2, -0.15) is 0 Å². The number of halogens is 1. The molecule has 0 spiro atoms. The van der Waals surface area contributed by atoms with Crippen LogP contribution in [0.5, 0.6) is 5.75 Å². The van der Waals surface area contributed by atoms with E-state index in [1.54, 1.807) is 37.4 Å². The van der Waals surface area contributed by atoms with Crippen LogP contribution in [0.1, 0.15) is 31.2 Å². The quantitative estimate of drug-likeness (QED) is 0.521. The first-order chi connectivity index (χ1) is 13.9. The molecule has 0 saturated heterocycles. The van der Waals surface area contributed by atoms with E-state index in [1.807, 2.05) is 0 Å². The highest BCUT2D eigenvalue weighted by molar-refractivity contribution is 6.31. The summed E-state index contributed by atoms with van der Waals surface area (Å²) in [6.07, 6.45) is 2.36. The van der Waals surface area contributed by atoms with E-state index >= 15 is 0 Å². The van der Waals surface area contributed by atoms with Gasteiger partial charge in [-0.25, -0.2) is 0 Å². The van der Waals surface area contributed by atoms with Crippen molar-refractivity contribution < 1.29 is 19.2 Å². The minimum Gasteiger partial charge on any atom is -0.477 e. The van der Waals surface area contributed by atoms with Crippen molar-refractivity contribution in [3.8, 4) is 5.75 Å². The number of hydrogen-bond donors (Lipinski definition) is 0. The van der Waals surface area contributed by atoms with Gasteiger partial charge in [-0.3, -0.25) is 19.7 Å². The fourth-order valence-electron chi connectivity index (χ4n) is 3.81. The molecule has 1 atom stereocenters. The Morgan fingerprint density at radius 2 is 1.90 bits per heavy atom. The molecule has 29 heavy (non-hydrogen) atoms. The Kier molecular flexibility index (Phi) is 6.17. The van der Waals surface area contributed by atoms with E-state index in [2.05, 4.69) is 0 Å². The number of nitro benzene ring substituents is 1. The molecular weight excluding hydrogens is 396 g/mol. The lowest BCUT2D eigenvalue weighted by Crippen LogP contribution is -2.55. The van der Waals surface area contributed by atoms with E-state index in [-0.39, 0.29) is 17.2 Å². The van der Waals surface area contributed by atoms with Crippen LogP contribution in [0.4, 0.5) is 5.69 Å². The largest absolute Gasteiger partial charge is 0.477 e. The number of nitro groups is 1. The van der Waals surface area contributed by atoms with Crippen molar-refractivity contribution in [2.75, 3.05) is 13.7 Å². The molecule has 1 fully saturated rings. The van der Waals surface area contributed by atoms with Gasteiger partial charge < -0.3 is 9.64 Å². The van der Waals surface area contributed by atoms with Crippen LogP contribution in [0.3, 0.4) is 0 Å². The van der Waals surface area contributed by atoms with Crippen molar-refractivity contribution in [3.63, 3.8) is 0 Å². The number of ketones is 1. The first-order valence-electron chi connectivity index (χ1n) is 9.29. The lowest BCUT2D eigenvalue weighted by atomic mass is 9.74. The van der Waals surface area contributed by atoms with Crippen molar-refractivity contribution in [2.24, 2.45) is 0 Å². The minimum absolute atomic E-state index is 0.000939. The zero-order valence-corrected chi connectivity index (χ0v) is 16.7. The molecule has 1 aliphatic rings. The number of para-hydroxylation sites is 2. The van der Waals surface area contributed by atoms with Gasteiger partial charge in [0.2, 0.25) is 0 Å². The van der Waals surface area contributed by atoms with Gasteiger partial charge in [-0.1, -0.05) is 41.9 Å². The van der Waals surface area contributed by atoms with Crippen LogP contribution in [0.2, 0.25) is 5.02 Å². The third-order valence-corrected chi connectivity index (χ3v) is 5.66. The number of hydrogen-bond acceptors (Lipinski definition) is 5. The van der Waals surface area contributed by atoms with Crippen molar-refractivity contribution >= 4 is 29.0 Å². The predicted octanol–water partition coefficient (Wildman–Crippen LogP) is 4.12. The average molecular weight is 417 g/mol. The maximum atomic E-state index is 13.0. The second kappa shape index (κ2) is 8.61. The SMILES string of the molecule is CN(C(=O)COc1ccccc1[N+](=O)[O-])[C@@]1(c2ccccc2Cl)CCCCC1=O. The summed E-state index contributed by atoms with van der Waals surface area (Å²) in [5, 5.41) is 11.6. The Morgan fingerprint density at radius 3 is 2.59 bits per heavy atom. The standard InChI is InChI=1S/C21H21ClN2O5/c1-23(20(26)14-29-18-11-5-4-10-17(18)24(27)28)21(13-7-6-12-19(21)25)15-8-2-3-9-16(15)22/h2-5,8-11H,6-7,12-14H2,1H3/t21-/m1/s1. The molecule has 1 amide bonds.